The van der Waals surface area contributed by atoms with Crippen LogP contribution < -0.4 is 0 Å². The molecule has 1 atom stereocenters. The maximum Gasteiger partial charge on any atom is 0.247 e. The average Bonchev–Trinajstić information content (AvgIpc) is 3.30. The van der Waals surface area contributed by atoms with Crippen molar-refractivity contribution in [2.24, 2.45) is 0 Å². The molecule has 0 unspecified atom stereocenters. The van der Waals surface area contributed by atoms with Crippen molar-refractivity contribution in [1.82, 2.24) is 25.0 Å². The van der Waals surface area contributed by atoms with E-state index in [1.165, 1.54) is 11.8 Å². The van der Waals surface area contributed by atoms with Crippen LogP contribution in [0.4, 0.5) is 0 Å². The Morgan fingerprint density at radius 1 is 1.10 bits per heavy atom. The normalized spacial score (nSPS) is 14.8. The van der Waals surface area contributed by atoms with Gasteiger partial charge >= 0.3 is 0 Å². The molecule has 0 radical (unpaired) electrons. The molecule has 5 rings (SSSR count). The third kappa shape index (κ3) is 3.93. The number of benzene rings is 2. The average molecular weight is 424 g/mol. The molecule has 1 aliphatic carbocycles. The number of nitrogens with zero attached hydrogens (tertiary/aromatic N) is 5. The second-order valence-corrected chi connectivity index (χ2v) is 8.73. The standard InChI is InChI=1S/C21H18ClN5OS/c1-13(19-24-25-20(28-19)15-6-5-7-16(22)12-15)29-21-23-18(14-10-11-14)27(26-21)17-8-3-2-4-9-17/h2-9,12-14H,10-11H2,1H3/t13-/m1/s1. The Morgan fingerprint density at radius 2 is 1.93 bits per heavy atom. The van der Waals surface area contributed by atoms with Crippen molar-refractivity contribution in [3.05, 3.63) is 71.3 Å². The smallest absolute Gasteiger partial charge is 0.247 e. The molecule has 0 bridgehead atoms. The van der Waals surface area contributed by atoms with Gasteiger partial charge in [-0.1, -0.05) is 47.6 Å². The van der Waals surface area contributed by atoms with E-state index in [0.717, 1.165) is 29.9 Å². The van der Waals surface area contributed by atoms with Gasteiger partial charge in [-0.05, 0) is 50.1 Å². The van der Waals surface area contributed by atoms with Crippen LogP contribution in [0, 0.1) is 0 Å². The minimum atomic E-state index is -0.0749. The first kappa shape index (κ1) is 18.4. The molecule has 4 aromatic rings. The molecule has 0 saturated heterocycles. The van der Waals surface area contributed by atoms with Crippen LogP contribution in [0.1, 0.15) is 42.6 Å². The van der Waals surface area contributed by atoms with Crippen molar-refractivity contribution >= 4 is 23.4 Å². The highest BCUT2D eigenvalue weighted by molar-refractivity contribution is 7.99. The Hall–Kier alpha value is -2.64. The Kier molecular flexibility index (Phi) is 4.85. The second-order valence-electron chi connectivity index (χ2n) is 6.99. The largest absolute Gasteiger partial charge is 0.419 e. The summed E-state index contributed by atoms with van der Waals surface area (Å²) in [6.07, 6.45) is 2.33. The summed E-state index contributed by atoms with van der Waals surface area (Å²) in [4.78, 5) is 4.80. The summed E-state index contributed by atoms with van der Waals surface area (Å²) in [5, 5.41) is 14.4. The highest BCUT2D eigenvalue weighted by Gasteiger charge is 2.31. The van der Waals surface area contributed by atoms with Crippen LogP contribution in [0.15, 0.2) is 64.2 Å². The van der Waals surface area contributed by atoms with E-state index < -0.39 is 0 Å². The van der Waals surface area contributed by atoms with Crippen LogP contribution >= 0.6 is 23.4 Å². The summed E-state index contributed by atoms with van der Waals surface area (Å²) >= 11 is 7.57. The molecular weight excluding hydrogens is 406 g/mol. The van der Waals surface area contributed by atoms with Crippen LogP contribution in [0.5, 0.6) is 0 Å². The zero-order valence-electron chi connectivity index (χ0n) is 15.7. The van der Waals surface area contributed by atoms with Gasteiger partial charge in [0.2, 0.25) is 16.9 Å². The monoisotopic (exact) mass is 423 g/mol. The molecule has 146 valence electrons. The molecule has 0 aliphatic heterocycles. The highest BCUT2D eigenvalue weighted by atomic mass is 35.5. The Morgan fingerprint density at radius 3 is 2.69 bits per heavy atom. The van der Waals surface area contributed by atoms with Gasteiger partial charge in [0.15, 0.2) is 0 Å². The van der Waals surface area contributed by atoms with Crippen molar-refractivity contribution in [2.45, 2.75) is 36.1 Å². The molecule has 1 aliphatic rings. The SMILES string of the molecule is C[C@@H](Sc1nc(C2CC2)n(-c2ccccc2)n1)c1nnc(-c2cccc(Cl)c2)o1. The molecule has 0 amide bonds. The Balaban J connectivity index is 1.38. The summed E-state index contributed by atoms with van der Waals surface area (Å²) < 4.78 is 7.83. The summed E-state index contributed by atoms with van der Waals surface area (Å²) in [5.74, 6) is 2.51. The van der Waals surface area contributed by atoms with Crippen molar-refractivity contribution in [3.63, 3.8) is 0 Å². The van der Waals surface area contributed by atoms with Gasteiger partial charge in [-0.2, -0.15) is 0 Å². The number of thioether (sulfide) groups is 1. The molecule has 1 fully saturated rings. The fraction of sp³-hybridized carbons (Fsp3) is 0.238. The molecule has 6 nitrogen and oxygen atoms in total. The summed E-state index contributed by atoms with van der Waals surface area (Å²) in [6, 6.07) is 17.5. The fourth-order valence-electron chi connectivity index (χ4n) is 3.06. The maximum atomic E-state index is 6.06. The summed E-state index contributed by atoms with van der Waals surface area (Å²) in [5.41, 5.74) is 1.83. The van der Waals surface area contributed by atoms with Gasteiger partial charge < -0.3 is 4.42 Å². The molecule has 8 heteroatoms. The zero-order chi connectivity index (χ0) is 19.8. The van der Waals surface area contributed by atoms with Gasteiger partial charge in [-0.3, -0.25) is 0 Å². The van der Waals surface area contributed by atoms with E-state index in [9.17, 15) is 0 Å². The van der Waals surface area contributed by atoms with Gasteiger partial charge in [0, 0.05) is 16.5 Å². The van der Waals surface area contributed by atoms with Gasteiger partial charge in [-0.15, -0.1) is 15.3 Å². The molecule has 0 spiro atoms. The highest BCUT2D eigenvalue weighted by Crippen LogP contribution is 2.42. The van der Waals surface area contributed by atoms with Crippen LogP contribution in [0.3, 0.4) is 0 Å². The molecule has 29 heavy (non-hydrogen) atoms. The number of hydrogen-bond acceptors (Lipinski definition) is 6. The van der Waals surface area contributed by atoms with Gasteiger partial charge in [0.05, 0.1) is 10.9 Å². The van der Waals surface area contributed by atoms with E-state index in [0.29, 0.717) is 27.9 Å². The zero-order valence-corrected chi connectivity index (χ0v) is 17.3. The molecular formula is C21H18ClN5OS. The first-order valence-electron chi connectivity index (χ1n) is 9.46. The predicted octanol–water partition coefficient (Wildman–Crippen LogP) is 5.70. The van der Waals surface area contributed by atoms with Crippen LogP contribution in [0.2, 0.25) is 5.02 Å². The van der Waals surface area contributed by atoms with E-state index >= 15 is 0 Å². The molecule has 2 aromatic carbocycles. The lowest BCUT2D eigenvalue weighted by Gasteiger charge is -2.04. The minimum Gasteiger partial charge on any atom is -0.419 e. The van der Waals surface area contributed by atoms with E-state index in [1.807, 2.05) is 66.2 Å². The third-order valence-electron chi connectivity index (χ3n) is 4.70. The molecule has 0 N–H and O–H groups in total. The summed E-state index contributed by atoms with van der Waals surface area (Å²) in [7, 11) is 0. The van der Waals surface area contributed by atoms with E-state index in [-0.39, 0.29) is 5.25 Å². The topological polar surface area (TPSA) is 69.6 Å². The lowest BCUT2D eigenvalue weighted by Crippen LogP contribution is -2.01. The fourth-order valence-corrected chi connectivity index (χ4v) is 4.04. The summed E-state index contributed by atoms with van der Waals surface area (Å²) in [6.45, 7) is 2.01. The first-order chi connectivity index (χ1) is 14.2. The van der Waals surface area contributed by atoms with Crippen molar-refractivity contribution < 1.29 is 4.42 Å². The third-order valence-corrected chi connectivity index (χ3v) is 5.87. The number of halogens is 1. The molecule has 1 saturated carbocycles. The second kappa shape index (κ2) is 7.65. The first-order valence-corrected chi connectivity index (χ1v) is 10.7. The van der Waals surface area contributed by atoms with E-state index in [4.69, 9.17) is 26.1 Å². The quantitative estimate of drug-likeness (QED) is 0.370. The predicted molar refractivity (Wildman–Crippen MR) is 112 cm³/mol. The Bertz CT molecular complexity index is 1140. The lowest BCUT2D eigenvalue weighted by molar-refractivity contribution is 0.509. The van der Waals surface area contributed by atoms with Crippen LogP contribution in [0.25, 0.3) is 17.1 Å². The molecule has 2 heterocycles. The van der Waals surface area contributed by atoms with Crippen molar-refractivity contribution in [2.75, 3.05) is 0 Å². The lowest BCUT2D eigenvalue weighted by atomic mass is 10.2. The van der Waals surface area contributed by atoms with Crippen molar-refractivity contribution in [3.8, 4) is 17.1 Å². The van der Waals surface area contributed by atoms with Crippen LogP contribution in [-0.4, -0.2) is 25.0 Å². The van der Waals surface area contributed by atoms with Gasteiger partial charge in [-0.25, -0.2) is 9.67 Å². The van der Waals surface area contributed by atoms with Gasteiger partial charge in [0.25, 0.3) is 0 Å². The minimum absolute atomic E-state index is 0.0749. The molecule has 2 aromatic heterocycles. The maximum absolute atomic E-state index is 6.06. The van der Waals surface area contributed by atoms with E-state index in [2.05, 4.69) is 10.2 Å². The van der Waals surface area contributed by atoms with Crippen LogP contribution in [-0.2, 0) is 0 Å². The number of hydrogen-bond donors (Lipinski definition) is 0. The number of aromatic nitrogens is 5. The van der Waals surface area contributed by atoms with Crippen molar-refractivity contribution in [1.29, 1.82) is 0 Å². The number of para-hydroxylation sites is 1. The van der Waals surface area contributed by atoms with E-state index in [1.54, 1.807) is 0 Å². The number of rotatable bonds is 6. The van der Waals surface area contributed by atoms with Gasteiger partial charge in [0.1, 0.15) is 5.82 Å². The Labute approximate surface area is 177 Å².